The van der Waals surface area contributed by atoms with E-state index in [9.17, 15) is 13.2 Å². The smallest absolute Gasteiger partial charge is 0.244 e. The van der Waals surface area contributed by atoms with E-state index in [4.69, 9.17) is 0 Å². The van der Waals surface area contributed by atoms with Crippen LogP contribution in [0.5, 0.6) is 0 Å². The van der Waals surface area contributed by atoms with Crippen molar-refractivity contribution in [3.05, 3.63) is 29.8 Å². The number of carbonyl (C=O) groups excluding carboxylic acids is 1. The molecule has 2 N–H and O–H groups in total. The Bertz CT molecular complexity index is 863. The van der Waals surface area contributed by atoms with Crippen LogP contribution in [0.2, 0.25) is 0 Å². The van der Waals surface area contributed by atoms with Crippen LogP contribution in [0.4, 0.5) is 5.69 Å². The van der Waals surface area contributed by atoms with Gasteiger partial charge in [-0.05, 0) is 37.5 Å². The Kier molecular flexibility index (Phi) is 6.21. The lowest BCUT2D eigenvalue weighted by Crippen LogP contribution is -2.28. The van der Waals surface area contributed by atoms with Crippen molar-refractivity contribution in [2.75, 3.05) is 23.4 Å². The number of anilines is 1. The molecule has 2 atom stereocenters. The number of thioether (sulfide) groups is 1. The maximum absolute atomic E-state index is 12.1. The first-order valence-electron chi connectivity index (χ1n) is 8.99. The van der Waals surface area contributed by atoms with E-state index in [-0.39, 0.29) is 17.4 Å². The molecule has 2 heterocycles. The van der Waals surface area contributed by atoms with Gasteiger partial charge in [-0.1, -0.05) is 30.8 Å². The van der Waals surface area contributed by atoms with Crippen LogP contribution in [0.25, 0.3) is 0 Å². The zero-order chi connectivity index (χ0) is 19.4. The van der Waals surface area contributed by atoms with E-state index in [2.05, 4.69) is 27.8 Å². The first-order valence-corrected chi connectivity index (χ1v) is 11.7. The maximum atomic E-state index is 12.1. The van der Waals surface area contributed by atoms with Gasteiger partial charge in [0.1, 0.15) is 0 Å². The highest BCUT2D eigenvalue weighted by molar-refractivity contribution is 8.15. The summed E-state index contributed by atoms with van der Waals surface area (Å²) >= 11 is 1.76. The first-order chi connectivity index (χ1) is 12.9. The number of aliphatic imine (C=N–C) groups is 1. The fraction of sp³-hybridized carbons (Fsp3) is 0.500. The minimum atomic E-state index is -3.08. The molecule has 0 aliphatic carbocycles. The Morgan fingerprint density at radius 3 is 2.67 bits per heavy atom. The summed E-state index contributed by atoms with van der Waals surface area (Å²) in [6, 6.07) is 7.74. The lowest BCUT2D eigenvalue weighted by molar-refractivity contribution is -0.124. The average Bonchev–Trinajstić information content (AvgIpc) is 3.25. The molecule has 2 aliphatic heterocycles. The summed E-state index contributed by atoms with van der Waals surface area (Å²) in [5.41, 5.74) is 4.99. The van der Waals surface area contributed by atoms with Crippen LogP contribution in [0.3, 0.4) is 0 Å². The molecule has 1 aromatic rings. The second kappa shape index (κ2) is 8.43. The molecular weight excluding hydrogens is 384 g/mol. The molecule has 2 aliphatic rings. The number of benzene rings is 1. The van der Waals surface area contributed by atoms with Crippen molar-refractivity contribution in [3.8, 4) is 0 Å². The number of hydrogen-bond donors (Lipinski definition) is 2. The summed E-state index contributed by atoms with van der Waals surface area (Å²) in [7, 11) is -3.08. The topological polar surface area (TPSA) is 100.0 Å². The molecule has 27 heavy (non-hydrogen) atoms. The number of amidine groups is 1. The van der Waals surface area contributed by atoms with Gasteiger partial charge in [-0.25, -0.2) is 13.8 Å². The molecule has 0 saturated carbocycles. The highest BCUT2D eigenvalue weighted by Crippen LogP contribution is 2.24. The van der Waals surface area contributed by atoms with Gasteiger partial charge < -0.3 is 5.32 Å². The van der Waals surface area contributed by atoms with E-state index >= 15 is 0 Å². The Morgan fingerprint density at radius 1 is 1.33 bits per heavy atom. The van der Waals surface area contributed by atoms with Crippen molar-refractivity contribution >= 4 is 44.1 Å². The van der Waals surface area contributed by atoms with Crippen LogP contribution in [-0.4, -0.2) is 48.5 Å². The lowest BCUT2D eigenvalue weighted by atomic mass is 10.1. The monoisotopic (exact) mass is 408 g/mol. The number of nitrogens with zero attached hydrogens (tertiary/aromatic N) is 2. The minimum absolute atomic E-state index is 0.0742. The second-order valence-corrected chi connectivity index (χ2v) is 10.3. The van der Waals surface area contributed by atoms with Crippen molar-refractivity contribution in [3.63, 3.8) is 0 Å². The van der Waals surface area contributed by atoms with Gasteiger partial charge in [-0.15, -0.1) is 0 Å². The molecule has 7 nitrogen and oxygen atoms in total. The number of hydrazone groups is 1. The number of hydrogen-bond acceptors (Lipinski definition) is 7. The summed E-state index contributed by atoms with van der Waals surface area (Å²) in [5, 5.41) is 8.93. The van der Waals surface area contributed by atoms with Gasteiger partial charge in [0, 0.05) is 10.9 Å². The van der Waals surface area contributed by atoms with Crippen LogP contribution in [-0.2, 0) is 14.6 Å². The van der Waals surface area contributed by atoms with Crippen LogP contribution in [0, 0.1) is 5.92 Å². The Labute approximate surface area is 164 Å². The van der Waals surface area contributed by atoms with Gasteiger partial charge in [0.25, 0.3) is 0 Å². The van der Waals surface area contributed by atoms with E-state index in [1.165, 1.54) is 0 Å². The van der Waals surface area contributed by atoms with Gasteiger partial charge in [0.15, 0.2) is 15.0 Å². The van der Waals surface area contributed by atoms with E-state index in [0.717, 1.165) is 29.4 Å². The van der Waals surface area contributed by atoms with Gasteiger partial charge >= 0.3 is 0 Å². The molecule has 3 rings (SSSR count). The predicted octanol–water partition coefficient (Wildman–Crippen LogP) is 2.25. The maximum Gasteiger partial charge on any atom is 0.244 e. The van der Waals surface area contributed by atoms with Crippen LogP contribution in [0.1, 0.15) is 32.3 Å². The molecule has 0 unspecified atom stereocenters. The molecule has 1 saturated heterocycles. The van der Waals surface area contributed by atoms with Crippen LogP contribution < -0.4 is 10.7 Å². The van der Waals surface area contributed by atoms with E-state index in [0.29, 0.717) is 17.4 Å². The third kappa shape index (κ3) is 5.32. The summed E-state index contributed by atoms with van der Waals surface area (Å²) < 4.78 is 22.9. The zero-order valence-corrected chi connectivity index (χ0v) is 17.1. The number of rotatable bonds is 5. The van der Waals surface area contributed by atoms with Gasteiger partial charge in [0.05, 0.1) is 29.7 Å². The molecule has 1 aromatic carbocycles. The quantitative estimate of drug-likeness (QED) is 0.575. The average molecular weight is 409 g/mol. The summed E-state index contributed by atoms with van der Waals surface area (Å²) in [5.74, 6) is -0.857. The minimum Gasteiger partial charge on any atom is -0.335 e. The van der Waals surface area contributed by atoms with E-state index < -0.39 is 15.8 Å². The SMILES string of the molecule is CC[C@@H]1CN=C(Nc2ccc(/C(C)=N\NC(=O)[C@H]3CCS(=O)(=O)C3)cc2)S1. The Balaban J connectivity index is 1.55. The van der Waals surface area contributed by atoms with Gasteiger partial charge in [-0.3, -0.25) is 9.79 Å². The fourth-order valence-corrected chi connectivity index (χ4v) is 5.61. The third-order valence-corrected chi connectivity index (χ3v) is 7.70. The standard InChI is InChI=1S/C18H24N4O3S2/c1-3-16-10-19-18(26-16)20-15-6-4-13(5-7-15)12(2)21-22-17(23)14-8-9-27(24,25)11-14/h4-7,14,16H,3,8-11H2,1-2H3,(H,19,20)(H,22,23)/b21-12-/t14-,16+/m0/s1. The number of amides is 1. The normalized spacial score (nSPS) is 24.5. The Morgan fingerprint density at radius 2 is 2.07 bits per heavy atom. The predicted molar refractivity (Wildman–Crippen MR) is 111 cm³/mol. The molecule has 0 radical (unpaired) electrons. The molecule has 9 heteroatoms. The Hall–Kier alpha value is -1.87. The molecule has 0 spiro atoms. The fourth-order valence-electron chi connectivity index (χ4n) is 2.91. The van der Waals surface area contributed by atoms with E-state index in [1.54, 1.807) is 18.7 Å². The molecular formula is C18H24N4O3S2. The van der Waals surface area contributed by atoms with Crippen LogP contribution in [0.15, 0.2) is 34.4 Å². The van der Waals surface area contributed by atoms with Crippen molar-refractivity contribution in [1.82, 2.24) is 5.43 Å². The molecule has 0 bridgehead atoms. The van der Waals surface area contributed by atoms with Gasteiger partial charge in [-0.2, -0.15) is 5.10 Å². The van der Waals surface area contributed by atoms with Gasteiger partial charge in [0.2, 0.25) is 5.91 Å². The molecule has 1 fully saturated rings. The highest BCUT2D eigenvalue weighted by atomic mass is 32.2. The first kappa shape index (κ1) is 19.9. The number of sulfone groups is 1. The van der Waals surface area contributed by atoms with Crippen LogP contribution >= 0.6 is 11.8 Å². The number of nitrogens with one attached hydrogen (secondary N) is 2. The molecule has 146 valence electrons. The number of carbonyl (C=O) groups is 1. The van der Waals surface area contributed by atoms with Crippen molar-refractivity contribution < 1.29 is 13.2 Å². The summed E-state index contributed by atoms with van der Waals surface area (Å²) in [6.45, 7) is 4.82. The molecule has 0 aromatic heterocycles. The van der Waals surface area contributed by atoms with E-state index in [1.807, 2.05) is 24.3 Å². The van der Waals surface area contributed by atoms with Crippen molar-refractivity contribution in [2.45, 2.75) is 31.9 Å². The van der Waals surface area contributed by atoms with Crippen molar-refractivity contribution in [1.29, 1.82) is 0 Å². The second-order valence-electron chi connectivity index (χ2n) is 6.77. The largest absolute Gasteiger partial charge is 0.335 e. The zero-order valence-electron chi connectivity index (χ0n) is 15.4. The summed E-state index contributed by atoms with van der Waals surface area (Å²) in [6.07, 6.45) is 1.47. The third-order valence-electron chi connectivity index (χ3n) is 4.66. The highest BCUT2D eigenvalue weighted by Gasteiger charge is 2.32. The van der Waals surface area contributed by atoms with Crippen molar-refractivity contribution in [2.24, 2.45) is 16.0 Å². The molecule has 1 amide bonds. The summed E-state index contributed by atoms with van der Waals surface area (Å²) in [4.78, 5) is 16.6. The lowest BCUT2D eigenvalue weighted by Gasteiger charge is -2.09.